The number of guanidine groups is 1. The first-order valence-corrected chi connectivity index (χ1v) is 8.44. The highest BCUT2D eigenvalue weighted by Crippen LogP contribution is 2.29. The molecule has 1 aromatic carbocycles. The topological polar surface area (TPSA) is 54.9 Å². The van der Waals surface area contributed by atoms with E-state index in [1.54, 1.807) is 19.2 Å². The van der Waals surface area contributed by atoms with Crippen LogP contribution in [0.3, 0.4) is 0 Å². The van der Waals surface area contributed by atoms with Gasteiger partial charge in [0.1, 0.15) is 0 Å². The van der Waals surface area contributed by atoms with Crippen LogP contribution < -0.4 is 20.1 Å². The quantitative estimate of drug-likeness (QED) is 0.309. The third kappa shape index (κ3) is 9.40. The second-order valence-corrected chi connectivity index (χ2v) is 6.31. The van der Waals surface area contributed by atoms with Gasteiger partial charge in [0.25, 0.3) is 0 Å². The summed E-state index contributed by atoms with van der Waals surface area (Å²) < 4.78 is 34.5. The molecule has 1 atom stereocenters. The molecular formula is C18H30F2IN3O2. The van der Waals surface area contributed by atoms with Gasteiger partial charge < -0.3 is 20.1 Å². The molecule has 0 bridgehead atoms. The van der Waals surface area contributed by atoms with Crippen molar-refractivity contribution >= 4 is 29.9 Å². The molecule has 26 heavy (non-hydrogen) atoms. The Labute approximate surface area is 172 Å². The summed E-state index contributed by atoms with van der Waals surface area (Å²) in [6.07, 6.45) is 2.19. The van der Waals surface area contributed by atoms with Crippen LogP contribution in [0.25, 0.3) is 0 Å². The fourth-order valence-electron chi connectivity index (χ4n) is 2.29. The molecule has 1 aromatic rings. The summed E-state index contributed by atoms with van der Waals surface area (Å²) in [6, 6.07) is 5.23. The summed E-state index contributed by atoms with van der Waals surface area (Å²) in [4.78, 5) is 4.19. The van der Waals surface area contributed by atoms with E-state index in [-0.39, 0.29) is 35.5 Å². The van der Waals surface area contributed by atoms with Crippen molar-refractivity contribution in [2.24, 2.45) is 10.9 Å². The Balaban J connectivity index is 0.00000625. The monoisotopic (exact) mass is 485 g/mol. The van der Waals surface area contributed by atoms with Gasteiger partial charge in [-0.2, -0.15) is 8.78 Å². The number of hydrogen-bond donors (Lipinski definition) is 2. The van der Waals surface area contributed by atoms with Crippen LogP contribution in [-0.4, -0.2) is 32.8 Å². The van der Waals surface area contributed by atoms with Crippen molar-refractivity contribution in [3.63, 3.8) is 0 Å². The molecule has 2 N–H and O–H groups in total. The molecule has 0 heterocycles. The molecule has 0 aromatic heterocycles. The number of hydrogen-bond acceptors (Lipinski definition) is 3. The maximum Gasteiger partial charge on any atom is 0.387 e. The number of rotatable bonds is 9. The maximum atomic E-state index is 12.5. The summed E-state index contributed by atoms with van der Waals surface area (Å²) in [5, 5.41) is 6.50. The summed E-state index contributed by atoms with van der Waals surface area (Å²) >= 11 is 0. The van der Waals surface area contributed by atoms with Crippen LogP contribution in [0.2, 0.25) is 0 Å². The Hall–Kier alpha value is -1.32. The van der Waals surface area contributed by atoms with Crippen molar-refractivity contribution in [2.75, 3.05) is 14.2 Å². The maximum absolute atomic E-state index is 12.5. The molecule has 0 amide bonds. The average molecular weight is 485 g/mol. The first-order chi connectivity index (χ1) is 11.8. The standard InChI is InChI=1S/C18H29F2N3O2.HI/c1-12(2)6-7-13(3)23-18(21-4)22-11-14-8-9-15(24-5)16(10-14)25-17(19)20;/h8-10,12-13,17H,6-7,11H2,1-5H3,(H2,21,22,23);1H. The van der Waals surface area contributed by atoms with Crippen LogP contribution in [0.15, 0.2) is 23.2 Å². The lowest BCUT2D eigenvalue weighted by Gasteiger charge is -2.19. The first kappa shape index (κ1) is 24.7. The predicted molar refractivity (Wildman–Crippen MR) is 112 cm³/mol. The molecule has 1 unspecified atom stereocenters. The van der Waals surface area contributed by atoms with E-state index in [1.807, 2.05) is 0 Å². The van der Waals surface area contributed by atoms with Gasteiger partial charge in [0.15, 0.2) is 17.5 Å². The number of aliphatic imine (C=N–C) groups is 1. The third-order valence-electron chi connectivity index (χ3n) is 3.69. The van der Waals surface area contributed by atoms with Gasteiger partial charge in [-0.05, 0) is 43.4 Å². The van der Waals surface area contributed by atoms with Gasteiger partial charge in [0.05, 0.1) is 7.11 Å². The molecule has 0 aliphatic heterocycles. The van der Waals surface area contributed by atoms with Crippen molar-refractivity contribution < 1.29 is 18.3 Å². The molecular weight excluding hydrogens is 455 g/mol. The number of benzene rings is 1. The molecule has 0 saturated carbocycles. The summed E-state index contributed by atoms with van der Waals surface area (Å²) in [5.41, 5.74) is 0.786. The molecule has 8 heteroatoms. The average Bonchev–Trinajstić information content (AvgIpc) is 2.56. The fourth-order valence-corrected chi connectivity index (χ4v) is 2.29. The largest absolute Gasteiger partial charge is 0.493 e. The minimum Gasteiger partial charge on any atom is -0.493 e. The molecule has 5 nitrogen and oxygen atoms in total. The van der Waals surface area contributed by atoms with Crippen LogP contribution in [0.5, 0.6) is 11.5 Å². The second kappa shape index (κ2) is 12.9. The Kier molecular flexibility index (Phi) is 12.3. The minimum absolute atomic E-state index is 0. The van der Waals surface area contributed by atoms with Crippen molar-refractivity contribution in [1.29, 1.82) is 0 Å². The Morgan fingerprint density at radius 3 is 2.38 bits per heavy atom. The molecule has 0 spiro atoms. The molecule has 0 saturated heterocycles. The van der Waals surface area contributed by atoms with Gasteiger partial charge in [0, 0.05) is 19.6 Å². The second-order valence-electron chi connectivity index (χ2n) is 6.31. The summed E-state index contributed by atoms with van der Waals surface area (Å²) in [6.45, 7) is 4.04. The summed E-state index contributed by atoms with van der Waals surface area (Å²) in [7, 11) is 3.11. The van der Waals surface area contributed by atoms with Crippen LogP contribution in [0.1, 0.15) is 39.2 Å². The minimum atomic E-state index is -2.90. The molecule has 1 rings (SSSR count). The molecule has 0 aliphatic carbocycles. The van der Waals surface area contributed by atoms with Gasteiger partial charge >= 0.3 is 6.61 Å². The predicted octanol–water partition coefficient (Wildman–Crippen LogP) is 4.40. The molecule has 150 valence electrons. The van der Waals surface area contributed by atoms with Crippen molar-refractivity contribution in [1.82, 2.24) is 10.6 Å². The Bertz CT molecular complexity index is 557. The fraction of sp³-hybridized carbons (Fsp3) is 0.611. The van der Waals surface area contributed by atoms with Gasteiger partial charge in [-0.25, -0.2) is 0 Å². The third-order valence-corrected chi connectivity index (χ3v) is 3.69. The highest BCUT2D eigenvalue weighted by molar-refractivity contribution is 14.0. The van der Waals surface area contributed by atoms with E-state index >= 15 is 0 Å². The number of methoxy groups -OCH3 is 1. The van der Waals surface area contributed by atoms with E-state index in [9.17, 15) is 8.78 Å². The first-order valence-electron chi connectivity index (χ1n) is 8.44. The number of halogens is 3. The van der Waals surface area contributed by atoms with Crippen LogP contribution in [0, 0.1) is 5.92 Å². The number of nitrogens with zero attached hydrogens (tertiary/aromatic N) is 1. The number of ether oxygens (including phenoxy) is 2. The molecule has 0 aliphatic rings. The van der Waals surface area contributed by atoms with Gasteiger partial charge in [-0.1, -0.05) is 19.9 Å². The van der Waals surface area contributed by atoms with Gasteiger partial charge in [0.2, 0.25) is 0 Å². The highest BCUT2D eigenvalue weighted by Gasteiger charge is 2.12. The Morgan fingerprint density at radius 2 is 1.85 bits per heavy atom. The lowest BCUT2D eigenvalue weighted by Crippen LogP contribution is -2.41. The van der Waals surface area contributed by atoms with Gasteiger partial charge in [-0.15, -0.1) is 24.0 Å². The zero-order valence-electron chi connectivity index (χ0n) is 16.0. The van der Waals surface area contributed by atoms with Crippen molar-refractivity contribution in [3.05, 3.63) is 23.8 Å². The van der Waals surface area contributed by atoms with E-state index in [1.165, 1.54) is 13.2 Å². The van der Waals surface area contributed by atoms with Gasteiger partial charge in [-0.3, -0.25) is 4.99 Å². The van der Waals surface area contributed by atoms with Crippen LogP contribution in [-0.2, 0) is 6.54 Å². The normalized spacial score (nSPS) is 12.6. The lowest BCUT2D eigenvalue weighted by molar-refractivity contribution is -0.0512. The number of nitrogens with one attached hydrogen (secondary N) is 2. The SMILES string of the molecule is CN=C(NCc1ccc(OC)c(OC(F)F)c1)NC(C)CCC(C)C.I. The smallest absolute Gasteiger partial charge is 0.387 e. The van der Waals surface area contributed by atoms with E-state index in [0.717, 1.165) is 18.4 Å². The van der Waals surface area contributed by atoms with E-state index in [0.29, 0.717) is 24.5 Å². The zero-order chi connectivity index (χ0) is 18.8. The summed E-state index contributed by atoms with van der Waals surface area (Å²) in [5.74, 6) is 1.62. The Morgan fingerprint density at radius 1 is 1.15 bits per heavy atom. The lowest BCUT2D eigenvalue weighted by atomic mass is 10.0. The van der Waals surface area contributed by atoms with Crippen molar-refractivity contribution in [2.45, 2.75) is 52.8 Å². The molecule has 0 radical (unpaired) electrons. The van der Waals surface area contributed by atoms with Crippen LogP contribution in [0.4, 0.5) is 8.78 Å². The molecule has 0 fully saturated rings. The highest BCUT2D eigenvalue weighted by atomic mass is 127. The van der Waals surface area contributed by atoms with Crippen LogP contribution >= 0.6 is 24.0 Å². The van der Waals surface area contributed by atoms with E-state index in [4.69, 9.17) is 4.74 Å². The van der Waals surface area contributed by atoms with E-state index < -0.39 is 6.61 Å². The van der Waals surface area contributed by atoms with E-state index in [2.05, 4.69) is 41.1 Å². The zero-order valence-corrected chi connectivity index (χ0v) is 18.3. The van der Waals surface area contributed by atoms with Crippen molar-refractivity contribution in [3.8, 4) is 11.5 Å². The number of alkyl halides is 2.